The van der Waals surface area contributed by atoms with Crippen LogP contribution in [0.15, 0.2) is 4.99 Å². The number of hydrogen-bond acceptors (Lipinski definition) is 3. The van der Waals surface area contributed by atoms with Crippen LogP contribution in [-0.4, -0.2) is 23.8 Å². The van der Waals surface area contributed by atoms with Gasteiger partial charge in [0.1, 0.15) is 11.8 Å². The first kappa shape index (κ1) is 12.9. The van der Waals surface area contributed by atoms with Crippen LogP contribution in [-0.2, 0) is 0 Å². The summed E-state index contributed by atoms with van der Waals surface area (Å²) in [6, 6.07) is 2.40. The van der Waals surface area contributed by atoms with E-state index in [-0.39, 0.29) is 5.92 Å². The topological polar surface area (TPSA) is 63.2 Å². The lowest BCUT2D eigenvalue weighted by molar-refractivity contribution is 0.319. The first-order valence-electron chi connectivity index (χ1n) is 6.98. The van der Waals surface area contributed by atoms with Gasteiger partial charge in [-0.05, 0) is 38.0 Å². The van der Waals surface area contributed by atoms with Crippen LogP contribution in [0.4, 0.5) is 0 Å². The van der Waals surface area contributed by atoms with E-state index in [1.54, 1.807) is 0 Å². The molecular weight excluding hydrogens is 224 g/mol. The molecule has 1 heterocycles. The number of amidine groups is 1. The van der Waals surface area contributed by atoms with Crippen molar-refractivity contribution in [3.05, 3.63) is 0 Å². The highest BCUT2D eigenvalue weighted by Crippen LogP contribution is 2.33. The Bertz CT molecular complexity index is 376. The van der Waals surface area contributed by atoms with E-state index in [4.69, 9.17) is 5.26 Å². The van der Waals surface area contributed by atoms with Gasteiger partial charge in [-0.15, -0.1) is 0 Å². The van der Waals surface area contributed by atoms with E-state index in [1.165, 1.54) is 19.3 Å². The van der Waals surface area contributed by atoms with Gasteiger partial charge in [-0.25, -0.2) is 0 Å². The van der Waals surface area contributed by atoms with E-state index in [9.17, 15) is 5.26 Å². The van der Waals surface area contributed by atoms with Crippen molar-refractivity contribution >= 4 is 5.84 Å². The third-order valence-electron chi connectivity index (χ3n) is 4.13. The summed E-state index contributed by atoms with van der Waals surface area (Å²) in [5.41, 5.74) is 0. The maximum absolute atomic E-state index is 9.45. The fraction of sp³-hybridized carbons (Fsp3) is 0.786. The normalized spacial score (nSPS) is 23.4. The van der Waals surface area contributed by atoms with Crippen molar-refractivity contribution in [3.8, 4) is 12.3 Å². The zero-order valence-corrected chi connectivity index (χ0v) is 10.8. The monoisotopic (exact) mass is 244 g/mol. The van der Waals surface area contributed by atoms with Gasteiger partial charge in [0.2, 0.25) is 6.19 Å². The summed E-state index contributed by atoms with van der Waals surface area (Å²) in [5, 5.41) is 18.3. The van der Waals surface area contributed by atoms with Gasteiger partial charge in [-0.2, -0.15) is 15.5 Å². The van der Waals surface area contributed by atoms with Crippen LogP contribution in [0.1, 0.15) is 44.9 Å². The SMILES string of the molecule is N#C/N=C(/C(C#N)C1CCCC1)N1CCCCC1. The second-order valence-corrected chi connectivity index (χ2v) is 5.27. The van der Waals surface area contributed by atoms with E-state index in [2.05, 4.69) is 16.0 Å². The Morgan fingerprint density at radius 1 is 1.06 bits per heavy atom. The molecule has 1 saturated heterocycles. The number of likely N-dealkylation sites (tertiary alicyclic amines) is 1. The van der Waals surface area contributed by atoms with Crippen molar-refractivity contribution in [2.75, 3.05) is 13.1 Å². The zero-order valence-electron chi connectivity index (χ0n) is 10.8. The molecule has 1 aliphatic heterocycles. The third-order valence-corrected chi connectivity index (χ3v) is 4.13. The molecule has 1 aliphatic carbocycles. The van der Waals surface area contributed by atoms with Crippen LogP contribution in [0.25, 0.3) is 0 Å². The lowest BCUT2D eigenvalue weighted by atomic mass is 9.89. The first-order chi connectivity index (χ1) is 8.86. The number of hydrogen-bond donors (Lipinski definition) is 0. The Balaban J connectivity index is 2.15. The second-order valence-electron chi connectivity index (χ2n) is 5.27. The molecule has 4 heteroatoms. The van der Waals surface area contributed by atoms with Crippen LogP contribution in [0, 0.1) is 34.6 Å². The number of piperidine rings is 1. The molecule has 0 bridgehead atoms. The maximum atomic E-state index is 9.45. The van der Waals surface area contributed by atoms with Crippen molar-refractivity contribution in [1.82, 2.24) is 4.90 Å². The minimum Gasteiger partial charge on any atom is -0.358 e. The molecule has 0 aromatic heterocycles. The summed E-state index contributed by atoms with van der Waals surface area (Å²) < 4.78 is 0. The largest absolute Gasteiger partial charge is 0.358 e. The molecule has 96 valence electrons. The molecule has 18 heavy (non-hydrogen) atoms. The predicted octanol–water partition coefficient (Wildman–Crippen LogP) is 2.68. The number of rotatable bonds is 2. The molecule has 0 N–H and O–H groups in total. The smallest absolute Gasteiger partial charge is 0.207 e. The lowest BCUT2D eigenvalue weighted by Crippen LogP contribution is -2.41. The summed E-state index contributed by atoms with van der Waals surface area (Å²) in [7, 11) is 0. The predicted molar refractivity (Wildman–Crippen MR) is 69.5 cm³/mol. The summed E-state index contributed by atoms with van der Waals surface area (Å²) in [6.07, 6.45) is 10.1. The van der Waals surface area contributed by atoms with Crippen molar-refractivity contribution in [2.45, 2.75) is 44.9 Å². The summed E-state index contributed by atoms with van der Waals surface area (Å²) >= 11 is 0. The summed E-state index contributed by atoms with van der Waals surface area (Å²) in [4.78, 5) is 6.15. The van der Waals surface area contributed by atoms with Gasteiger partial charge >= 0.3 is 0 Å². The number of nitrogens with zero attached hydrogens (tertiary/aromatic N) is 4. The van der Waals surface area contributed by atoms with Crippen LogP contribution in [0.5, 0.6) is 0 Å². The molecule has 0 radical (unpaired) electrons. The Morgan fingerprint density at radius 3 is 2.28 bits per heavy atom. The average Bonchev–Trinajstić information content (AvgIpc) is 2.94. The zero-order chi connectivity index (χ0) is 12.8. The van der Waals surface area contributed by atoms with Crippen LogP contribution >= 0.6 is 0 Å². The van der Waals surface area contributed by atoms with Gasteiger partial charge in [0.05, 0.1) is 6.07 Å². The highest BCUT2D eigenvalue weighted by Gasteiger charge is 2.32. The van der Waals surface area contributed by atoms with Crippen molar-refractivity contribution < 1.29 is 0 Å². The Hall–Kier alpha value is -1.55. The second kappa shape index (κ2) is 6.40. The molecule has 1 atom stereocenters. The maximum Gasteiger partial charge on any atom is 0.207 e. The van der Waals surface area contributed by atoms with E-state index in [1.807, 2.05) is 6.19 Å². The highest BCUT2D eigenvalue weighted by molar-refractivity contribution is 5.88. The van der Waals surface area contributed by atoms with Crippen molar-refractivity contribution in [2.24, 2.45) is 16.8 Å². The fourth-order valence-electron chi connectivity index (χ4n) is 3.18. The van der Waals surface area contributed by atoms with Gasteiger partial charge in [0.25, 0.3) is 0 Å². The van der Waals surface area contributed by atoms with Crippen LogP contribution in [0.2, 0.25) is 0 Å². The molecular formula is C14H20N4. The summed E-state index contributed by atoms with van der Waals surface area (Å²) in [5.74, 6) is 0.973. The fourth-order valence-corrected chi connectivity index (χ4v) is 3.18. The molecule has 0 aromatic carbocycles. The standard InChI is InChI=1S/C14H20N4/c15-10-13(12-6-2-3-7-12)14(17-11-16)18-8-4-1-5-9-18/h12-13H,1-9H2/b17-14-. The minimum absolute atomic E-state index is 0.176. The average molecular weight is 244 g/mol. The molecule has 0 spiro atoms. The Kier molecular flexibility index (Phi) is 4.59. The van der Waals surface area contributed by atoms with Gasteiger partial charge in [0.15, 0.2) is 0 Å². The van der Waals surface area contributed by atoms with Crippen LogP contribution in [0.3, 0.4) is 0 Å². The van der Waals surface area contributed by atoms with Gasteiger partial charge < -0.3 is 4.90 Å². The molecule has 1 saturated carbocycles. The van der Waals surface area contributed by atoms with E-state index >= 15 is 0 Å². The molecule has 0 amide bonds. The minimum atomic E-state index is -0.176. The number of nitriles is 2. The lowest BCUT2D eigenvalue weighted by Gasteiger charge is -2.32. The summed E-state index contributed by atoms with van der Waals surface area (Å²) in [6.45, 7) is 1.90. The molecule has 2 fully saturated rings. The third kappa shape index (κ3) is 2.82. The molecule has 4 nitrogen and oxygen atoms in total. The van der Waals surface area contributed by atoms with E-state index < -0.39 is 0 Å². The number of aliphatic imine (C=N–C) groups is 1. The Morgan fingerprint density at radius 2 is 1.72 bits per heavy atom. The van der Waals surface area contributed by atoms with Gasteiger partial charge in [0, 0.05) is 13.1 Å². The molecule has 2 aliphatic rings. The quantitative estimate of drug-likeness (QED) is 0.426. The molecule has 2 rings (SSSR count). The first-order valence-corrected chi connectivity index (χ1v) is 6.98. The molecule has 1 unspecified atom stereocenters. The van der Waals surface area contributed by atoms with Gasteiger partial charge in [-0.1, -0.05) is 12.8 Å². The van der Waals surface area contributed by atoms with Crippen molar-refractivity contribution in [3.63, 3.8) is 0 Å². The van der Waals surface area contributed by atoms with Crippen LogP contribution < -0.4 is 0 Å². The Labute approximate surface area is 109 Å². The highest BCUT2D eigenvalue weighted by atomic mass is 15.2. The van der Waals surface area contributed by atoms with Gasteiger partial charge in [-0.3, -0.25) is 0 Å². The molecule has 0 aromatic rings. The van der Waals surface area contributed by atoms with E-state index in [0.29, 0.717) is 5.92 Å². The van der Waals surface area contributed by atoms with E-state index in [0.717, 1.165) is 44.6 Å². The van der Waals surface area contributed by atoms with Crippen molar-refractivity contribution in [1.29, 1.82) is 10.5 Å².